The van der Waals surface area contributed by atoms with Gasteiger partial charge in [0.2, 0.25) is 0 Å². The fourth-order valence-electron chi connectivity index (χ4n) is 8.96. The zero-order valence-corrected chi connectivity index (χ0v) is 32.0. The highest BCUT2D eigenvalue weighted by Gasteiger charge is 2.23. The maximum absolute atomic E-state index is 6.73. The standard InChI is InChI=1S/C56H35NO2/c1-2-12-41-34-42(25-24-36(41)10-1)39-22-20-37(21-23-39)38-26-30-44(31-27-38)57(51-17-9-19-54-55(51)48-32-28-40-11-3-4-14-46(40)56(48)59-54)50-16-7-5-13-45(50)43-29-33-53-49(35-43)47-15-6-8-18-52(47)58-53/h1-35H. The minimum absolute atomic E-state index is 0.853. The minimum atomic E-state index is 0.853. The van der Waals surface area contributed by atoms with Crippen molar-refractivity contribution in [2.45, 2.75) is 0 Å². The van der Waals surface area contributed by atoms with Crippen LogP contribution in [0.3, 0.4) is 0 Å². The Labute approximate surface area is 340 Å². The van der Waals surface area contributed by atoms with Crippen molar-refractivity contribution >= 4 is 82.5 Å². The molecule has 0 unspecified atom stereocenters. The van der Waals surface area contributed by atoms with Crippen molar-refractivity contribution in [3.8, 4) is 33.4 Å². The van der Waals surface area contributed by atoms with E-state index in [1.165, 1.54) is 27.5 Å². The van der Waals surface area contributed by atoms with Crippen molar-refractivity contribution in [1.82, 2.24) is 0 Å². The van der Waals surface area contributed by atoms with E-state index in [0.717, 1.165) is 88.4 Å². The summed E-state index contributed by atoms with van der Waals surface area (Å²) >= 11 is 0. The van der Waals surface area contributed by atoms with Gasteiger partial charge in [-0.25, -0.2) is 0 Å². The molecular formula is C56H35NO2. The van der Waals surface area contributed by atoms with Gasteiger partial charge in [0.05, 0.1) is 16.8 Å². The molecule has 0 aliphatic heterocycles. The predicted octanol–water partition coefficient (Wildman–Crippen LogP) is 16.3. The first-order valence-electron chi connectivity index (χ1n) is 20.1. The highest BCUT2D eigenvalue weighted by Crippen LogP contribution is 2.47. The van der Waals surface area contributed by atoms with E-state index >= 15 is 0 Å². The lowest BCUT2D eigenvalue weighted by molar-refractivity contribution is 0.669. The Morgan fingerprint density at radius 1 is 0.305 bits per heavy atom. The van der Waals surface area contributed by atoms with Crippen LogP contribution in [0.1, 0.15) is 0 Å². The first-order valence-corrected chi connectivity index (χ1v) is 20.1. The second-order valence-corrected chi connectivity index (χ2v) is 15.3. The Bertz CT molecular complexity index is 3550. The fourth-order valence-corrected chi connectivity index (χ4v) is 8.96. The van der Waals surface area contributed by atoms with Crippen molar-refractivity contribution in [2.24, 2.45) is 0 Å². The average molecular weight is 754 g/mol. The predicted molar refractivity (Wildman–Crippen MR) is 247 cm³/mol. The van der Waals surface area contributed by atoms with Gasteiger partial charge in [0.15, 0.2) is 0 Å². The lowest BCUT2D eigenvalue weighted by Gasteiger charge is -2.28. The number of anilines is 3. The summed E-state index contributed by atoms with van der Waals surface area (Å²) in [5.41, 5.74) is 13.7. The van der Waals surface area contributed by atoms with Crippen LogP contribution in [-0.4, -0.2) is 0 Å². The Balaban J connectivity index is 1.01. The molecule has 0 amide bonds. The normalized spacial score (nSPS) is 11.7. The van der Waals surface area contributed by atoms with Gasteiger partial charge in [-0.05, 0) is 105 Å². The van der Waals surface area contributed by atoms with Crippen LogP contribution in [-0.2, 0) is 0 Å². The molecule has 59 heavy (non-hydrogen) atoms. The molecule has 0 aliphatic carbocycles. The Morgan fingerprint density at radius 2 is 0.898 bits per heavy atom. The summed E-state index contributed by atoms with van der Waals surface area (Å²) in [6.07, 6.45) is 0. The molecule has 3 heteroatoms. The molecule has 276 valence electrons. The van der Waals surface area contributed by atoms with Crippen LogP contribution < -0.4 is 4.90 Å². The van der Waals surface area contributed by atoms with Gasteiger partial charge < -0.3 is 13.7 Å². The molecule has 0 spiro atoms. The van der Waals surface area contributed by atoms with E-state index in [9.17, 15) is 0 Å². The second-order valence-electron chi connectivity index (χ2n) is 15.3. The lowest BCUT2D eigenvalue weighted by Crippen LogP contribution is -2.11. The van der Waals surface area contributed by atoms with Crippen LogP contribution in [0.4, 0.5) is 17.1 Å². The van der Waals surface area contributed by atoms with Crippen LogP contribution in [0.15, 0.2) is 221 Å². The first-order chi connectivity index (χ1) is 29.2. The molecule has 0 saturated carbocycles. The summed E-state index contributed by atoms with van der Waals surface area (Å²) in [6.45, 7) is 0. The van der Waals surface area contributed by atoms with Crippen molar-refractivity contribution in [3.05, 3.63) is 212 Å². The molecule has 0 N–H and O–H groups in total. The van der Waals surface area contributed by atoms with Gasteiger partial charge in [-0.1, -0.05) is 152 Å². The number of hydrogen-bond acceptors (Lipinski definition) is 3. The van der Waals surface area contributed by atoms with E-state index in [2.05, 4.69) is 205 Å². The molecule has 2 heterocycles. The molecule has 0 saturated heterocycles. The van der Waals surface area contributed by atoms with Gasteiger partial charge in [-0.3, -0.25) is 0 Å². The van der Waals surface area contributed by atoms with Gasteiger partial charge in [0.25, 0.3) is 0 Å². The molecule has 0 bridgehead atoms. The number of rotatable bonds is 6. The van der Waals surface area contributed by atoms with E-state index in [0.29, 0.717) is 0 Å². The molecule has 12 aromatic rings. The van der Waals surface area contributed by atoms with Gasteiger partial charge in [0, 0.05) is 32.8 Å². The van der Waals surface area contributed by atoms with Crippen molar-refractivity contribution in [2.75, 3.05) is 4.90 Å². The monoisotopic (exact) mass is 753 g/mol. The van der Waals surface area contributed by atoms with Gasteiger partial charge in [-0.15, -0.1) is 0 Å². The van der Waals surface area contributed by atoms with Crippen molar-refractivity contribution in [1.29, 1.82) is 0 Å². The SMILES string of the molecule is c1ccc(N(c2ccc(-c3ccc(-c4ccc5ccccc5c4)cc3)cc2)c2cccc3oc4c5ccccc5ccc4c23)c(-c2ccc3oc4ccccc4c3c2)c1. The van der Waals surface area contributed by atoms with Crippen molar-refractivity contribution in [3.63, 3.8) is 0 Å². The van der Waals surface area contributed by atoms with Crippen LogP contribution >= 0.6 is 0 Å². The zero-order valence-electron chi connectivity index (χ0n) is 32.0. The molecule has 0 aliphatic rings. The Kier molecular flexibility index (Phi) is 7.54. The molecule has 3 nitrogen and oxygen atoms in total. The van der Waals surface area contributed by atoms with E-state index in [1.54, 1.807) is 0 Å². The summed E-state index contributed by atoms with van der Waals surface area (Å²) in [5.74, 6) is 0. The van der Waals surface area contributed by atoms with Gasteiger partial charge in [0.1, 0.15) is 22.3 Å². The summed E-state index contributed by atoms with van der Waals surface area (Å²) in [5, 5.41) is 9.15. The van der Waals surface area contributed by atoms with Gasteiger partial charge in [-0.2, -0.15) is 0 Å². The summed E-state index contributed by atoms with van der Waals surface area (Å²) in [4.78, 5) is 2.39. The Morgan fingerprint density at radius 3 is 1.75 bits per heavy atom. The number of hydrogen-bond donors (Lipinski definition) is 0. The molecule has 10 aromatic carbocycles. The van der Waals surface area contributed by atoms with E-state index in [-0.39, 0.29) is 0 Å². The average Bonchev–Trinajstić information content (AvgIpc) is 3.88. The number of furan rings is 2. The maximum atomic E-state index is 6.73. The van der Waals surface area contributed by atoms with E-state index in [1.807, 2.05) is 12.1 Å². The van der Waals surface area contributed by atoms with Crippen LogP contribution in [0.2, 0.25) is 0 Å². The summed E-state index contributed by atoms with van der Waals surface area (Å²) < 4.78 is 13.0. The first kappa shape index (κ1) is 33.3. The molecule has 2 aromatic heterocycles. The minimum Gasteiger partial charge on any atom is -0.456 e. The van der Waals surface area contributed by atoms with Crippen LogP contribution in [0.25, 0.3) is 98.8 Å². The topological polar surface area (TPSA) is 29.5 Å². The van der Waals surface area contributed by atoms with E-state index in [4.69, 9.17) is 8.83 Å². The molecular weight excluding hydrogens is 719 g/mol. The fraction of sp³-hybridized carbons (Fsp3) is 0. The van der Waals surface area contributed by atoms with Crippen LogP contribution in [0.5, 0.6) is 0 Å². The Hall–Kier alpha value is -7.88. The highest BCUT2D eigenvalue weighted by atomic mass is 16.3. The molecule has 12 rings (SSSR count). The third kappa shape index (κ3) is 5.51. The molecule has 0 atom stereocenters. The van der Waals surface area contributed by atoms with E-state index < -0.39 is 0 Å². The molecule has 0 radical (unpaired) electrons. The number of benzene rings is 10. The number of nitrogens with zero attached hydrogens (tertiary/aromatic N) is 1. The number of fused-ring (bicyclic) bond motifs is 9. The quantitative estimate of drug-likeness (QED) is 0.169. The third-order valence-electron chi connectivity index (χ3n) is 11.9. The number of para-hydroxylation sites is 2. The summed E-state index contributed by atoms with van der Waals surface area (Å²) in [7, 11) is 0. The maximum Gasteiger partial charge on any atom is 0.143 e. The smallest absolute Gasteiger partial charge is 0.143 e. The summed E-state index contributed by atoms with van der Waals surface area (Å²) in [6, 6.07) is 75.8. The second kappa shape index (κ2) is 13.4. The third-order valence-corrected chi connectivity index (χ3v) is 11.9. The lowest BCUT2D eigenvalue weighted by atomic mass is 9.97. The van der Waals surface area contributed by atoms with Gasteiger partial charge >= 0.3 is 0 Å². The highest BCUT2D eigenvalue weighted by molar-refractivity contribution is 6.20. The largest absolute Gasteiger partial charge is 0.456 e. The zero-order chi connectivity index (χ0) is 38.9. The molecule has 0 fully saturated rings. The van der Waals surface area contributed by atoms with Crippen molar-refractivity contribution < 1.29 is 8.83 Å². The van der Waals surface area contributed by atoms with Crippen LogP contribution in [0, 0.1) is 0 Å².